The van der Waals surface area contributed by atoms with Crippen LogP contribution in [0.4, 0.5) is 5.69 Å². The Labute approximate surface area is 156 Å². The summed E-state index contributed by atoms with van der Waals surface area (Å²) < 4.78 is 5.55. The van der Waals surface area contributed by atoms with E-state index in [9.17, 15) is 14.9 Å². The third-order valence-electron chi connectivity index (χ3n) is 4.89. The van der Waals surface area contributed by atoms with Crippen molar-refractivity contribution in [3.05, 3.63) is 81.0 Å². The second-order valence-corrected chi connectivity index (χ2v) is 6.64. The SMILES string of the molecule is O=C(OCc1ccc([N+](=O)[O-])cc1)c1c2c(nc3ccccc13)CCCC2. The second-order valence-electron chi connectivity index (χ2n) is 6.64. The molecule has 0 unspecified atom stereocenters. The van der Waals surface area contributed by atoms with Crippen LogP contribution in [-0.4, -0.2) is 15.9 Å². The fourth-order valence-electron chi connectivity index (χ4n) is 3.54. The Morgan fingerprint density at radius 1 is 1.07 bits per heavy atom. The van der Waals surface area contributed by atoms with E-state index in [1.807, 2.05) is 24.3 Å². The number of fused-ring (bicyclic) bond motifs is 2. The lowest BCUT2D eigenvalue weighted by molar-refractivity contribution is -0.384. The molecule has 1 aliphatic carbocycles. The number of nitro groups is 1. The number of pyridine rings is 1. The number of non-ortho nitro benzene ring substituents is 1. The zero-order valence-electron chi connectivity index (χ0n) is 14.7. The Morgan fingerprint density at radius 2 is 1.81 bits per heavy atom. The number of benzene rings is 2. The maximum Gasteiger partial charge on any atom is 0.339 e. The Hall–Kier alpha value is -3.28. The summed E-state index contributed by atoms with van der Waals surface area (Å²) in [5.74, 6) is -0.370. The van der Waals surface area contributed by atoms with Crippen LogP contribution in [0.2, 0.25) is 0 Å². The lowest BCUT2D eigenvalue weighted by atomic mass is 9.90. The molecule has 0 saturated carbocycles. The number of rotatable bonds is 4. The average Bonchev–Trinajstić information content (AvgIpc) is 2.70. The maximum absolute atomic E-state index is 12.9. The van der Waals surface area contributed by atoms with E-state index in [1.165, 1.54) is 12.1 Å². The Balaban J connectivity index is 1.63. The number of carbonyl (C=O) groups is 1. The maximum atomic E-state index is 12.9. The number of esters is 1. The number of hydrogen-bond donors (Lipinski definition) is 0. The van der Waals surface area contributed by atoms with E-state index in [1.54, 1.807) is 12.1 Å². The molecule has 6 nitrogen and oxygen atoms in total. The summed E-state index contributed by atoms with van der Waals surface area (Å²) in [6.07, 6.45) is 3.82. The minimum Gasteiger partial charge on any atom is -0.457 e. The van der Waals surface area contributed by atoms with Gasteiger partial charge >= 0.3 is 5.97 Å². The van der Waals surface area contributed by atoms with Gasteiger partial charge in [0, 0.05) is 23.2 Å². The molecule has 6 heteroatoms. The topological polar surface area (TPSA) is 82.3 Å². The minimum atomic E-state index is -0.453. The molecule has 1 heterocycles. The van der Waals surface area contributed by atoms with Gasteiger partial charge in [-0.3, -0.25) is 15.1 Å². The molecular formula is C21H18N2O4. The molecule has 0 bridgehead atoms. The highest BCUT2D eigenvalue weighted by Gasteiger charge is 2.23. The van der Waals surface area contributed by atoms with E-state index in [-0.39, 0.29) is 18.3 Å². The van der Waals surface area contributed by atoms with Gasteiger partial charge in [0.2, 0.25) is 0 Å². The summed E-state index contributed by atoms with van der Waals surface area (Å²) in [6.45, 7) is 0.0717. The molecule has 3 aromatic rings. The van der Waals surface area contributed by atoms with Crippen LogP contribution in [0.5, 0.6) is 0 Å². The summed E-state index contributed by atoms with van der Waals surface area (Å²) in [5.41, 5.74) is 4.12. The molecule has 2 aromatic carbocycles. The number of nitrogens with zero attached hydrogens (tertiary/aromatic N) is 2. The van der Waals surface area contributed by atoms with Gasteiger partial charge in [0.25, 0.3) is 5.69 Å². The normalized spacial score (nSPS) is 13.2. The van der Waals surface area contributed by atoms with Crippen molar-refractivity contribution in [3.8, 4) is 0 Å². The van der Waals surface area contributed by atoms with E-state index in [4.69, 9.17) is 9.72 Å². The Kier molecular flexibility index (Phi) is 4.54. The van der Waals surface area contributed by atoms with Crippen LogP contribution in [-0.2, 0) is 24.2 Å². The van der Waals surface area contributed by atoms with Gasteiger partial charge in [0.05, 0.1) is 16.0 Å². The first-order valence-corrected chi connectivity index (χ1v) is 8.94. The molecule has 0 radical (unpaired) electrons. The highest BCUT2D eigenvalue weighted by molar-refractivity contribution is 6.05. The number of nitro benzene ring substituents is 1. The van der Waals surface area contributed by atoms with Gasteiger partial charge in [-0.25, -0.2) is 4.79 Å². The first kappa shape index (κ1) is 17.1. The number of para-hydroxylation sites is 1. The average molecular weight is 362 g/mol. The molecule has 0 atom stereocenters. The van der Waals surface area contributed by atoms with Crippen LogP contribution < -0.4 is 0 Å². The van der Waals surface area contributed by atoms with Gasteiger partial charge in [0.15, 0.2) is 0 Å². The molecule has 0 amide bonds. The van der Waals surface area contributed by atoms with Crippen molar-refractivity contribution < 1.29 is 14.5 Å². The molecule has 4 rings (SSSR count). The molecule has 0 fully saturated rings. The summed E-state index contributed by atoms with van der Waals surface area (Å²) in [6, 6.07) is 13.6. The number of aromatic nitrogens is 1. The fourth-order valence-corrected chi connectivity index (χ4v) is 3.54. The molecular weight excluding hydrogens is 344 g/mol. The lowest BCUT2D eigenvalue weighted by Gasteiger charge is -2.20. The van der Waals surface area contributed by atoms with E-state index >= 15 is 0 Å². The van der Waals surface area contributed by atoms with E-state index in [0.29, 0.717) is 11.1 Å². The van der Waals surface area contributed by atoms with Gasteiger partial charge in [-0.05, 0) is 55.0 Å². The quantitative estimate of drug-likeness (QED) is 0.391. The van der Waals surface area contributed by atoms with Crippen molar-refractivity contribution in [1.29, 1.82) is 0 Å². The highest BCUT2D eigenvalue weighted by atomic mass is 16.6. The summed E-state index contributed by atoms with van der Waals surface area (Å²) >= 11 is 0. The third kappa shape index (κ3) is 3.38. The predicted octanol–water partition coefficient (Wildman–Crippen LogP) is 4.38. The van der Waals surface area contributed by atoms with E-state index < -0.39 is 4.92 Å². The van der Waals surface area contributed by atoms with Gasteiger partial charge in [-0.1, -0.05) is 18.2 Å². The van der Waals surface area contributed by atoms with Gasteiger partial charge in [-0.15, -0.1) is 0 Å². The number of carbonyl (C=O) groups excluding carboxylic acids is 1. The summed E-state index contributed by atoms with van der Waals surface area (Å²) in [7, 11) is 0. The largest absolute Gasteiger partial charge is 0.457 e. The van der Waals surface area contributed by atoms with Crippen molar-refractivity contribution in [2.75, 3.05) is 0 Å². The van der Waals surface area contributed by atoms with Crippen LogP contribution in [0.1, 0.15) is 40.0 Å². The Morgan fingerprint density at radius 3 is 2.59 bits per heavy atom. The van der Waals surface area contributed by atoms with Crippen LogP contribution in [0.3, 0.4) is 0 Å². The standard InChI is InChI=1S/C21H18N2O4/c24-21(27-13-14-9-11-15(12-10-14)23(25)26)20-16-5-1-3-7-18(16)22-19-8-4-2-6-17(19)20/h1,3,5,7,9-12H,2,4,6,8,13H2. The minimum absolute atomic E-state index is 0.0132. The first-order valence-electron chi connectivity index (χ1n) is 8.94. The van der Waals surface area contributed by atoms with Crippen LogP contribution in [0, 0.1) is 10.1 Å². The third-order valence-corrected chi connectivity index (χ3v) is 4.89. The molecule has 0 aliphatic heterocycles. The van der Waals surface area contributed by atoms with Crippen LogP contribution >= 0.6 is 0 Å². The molecule has 1 aromatic heterocycles. The molecule has 0 saturated heterocycles. The lowest BCUT2D eigenvalue weighted by Crippen LogP contribution is -2.15. The van der Waals surface area contributed by atoms with Crippen molar-refractivity contribution in [2.45, 2.75) is 32.3 Å². The number of aryl methyl sites for hydroxylation is 1. The van der Waals surface area contributed by atoms with Crippen molar-refractivity contribution in [2.24, 2.45) is 0 Å². The van der Waals surface area contributed by atoms with Crippen molar-refractivity contribution >= 4 is 22.6 Å². The molecule has 27 heavy (non-hydrogen) atoms. The number of ether oxygens (including phenoxy) is 1. The summed E-state index contributed by atoms with van der Waals surface area (Å²) in [4.78, 5) is 27.9. The monoisotopic (exact) mass is 362 g/mol. The molecule has 0 spiro atoms. The second kappa shape index (κ2) is 7.15. The first-order chi connectivity index (χ1) is 13.1. The predicted molar refractivity (Wildman–Crippen MR) is 101 cm³/mol. The molecule has 136 valence electrons. The summed E-state index contributed by atoms with van der Waals surface area (Å²) in [5, 5.41) is 11.6. The van der Waals surface area contributed by atoms with Gasteiger partial charge in [0.1, 0.15) is 6.61 Å². The zero-order chi connectivity index (χ0) is 18.8. The van der Waals surface area contributed by atoms with Crippen molar-refractivity contribution in [1.82, 2.24) is 4.98 Å². The van der Waals surface area contributed by atoms with Crippen LogP contribution in [0.25, 0.3) is 10.9 Å². The highest BCUT2D eigenvalue weighted by Crippen LogP contribution is 2.30. The smallest absolute Gasteiger partial charge is 0.339 e. The van der Waals surface area contributed by atoms with Crippen molar-refractivity contribution in [3.63, 3.8) is 0 Å². The number of hydrogen-bond acceptors (Lipinski definition) is 5. The van der Waals surface area contributed by atoms with Crippen LogP contribution in [0.15, 0.2) is 48.5 Å². The fraction of sp³-hybridized carbons (Fsp3) is 0.238. The Bertz CT molecular complexity index is 1030. The zero-order valence-corrected chi connectivity index (χ0v) is 14.7. The van der Waals surface area contributed by atoms with E-state index in [2.05, 4.69) is 0 Å². The van der Waals surface area contributed by atoms with Gasteiger partial charge in [-0.2, -0.15) is 0 Å². The van der Waals surface area contributed by atoms with Gasteiger partial charge < -0.3 is 4.74 Å². The van der Waals surface area contributed by atoms with E-state index in [0.717, 1.165) is 47.8 Å². The molecule has 1 aliphatic rings. The molecule has 0 N–H and O–H groups in total.